The van der Waals surface area contributed by atoms with Crippen LogP contribution in [-0.4, -0.2) is 61.6 Å². The summed E-state index contributed by atoms with van der Waals surface area (Å²) in [5.41, 5.74) is 1.41. The lowest BCUT2D eigenvalue weighted by atomic mass is 9.87. The van der Waals surface area contributed by atoms with Crippen molar-refractivity contribution in [2.75, 3.05) is 33.8 Å². The topological polar surface area (TPSA) is 61.9 Å². The van der Waals surface area contributed by atoms with E-state index in [1.54, 1.807) is 14.1 Å². The van der Waals surface area contributed by atoms with Crippen molar-refractivity contribution < 1.29 is 14.3 Å². The predicted molar refractivity (Wildman–Crippen MR) is 112 cm³/mol. The summed E-state index contributed by atoms with van der Waals surface area (Å²) in [6, 6.07) is 8.26. The van der Waals surface area contributed by atoms with Gasteiger partial charge < -0.3 is 19.9 Å². The van der Waals surface area contributed by atoms with E-state index in [2.05, 4.69) is 38.2 Å². The molecule has 2 rings (SSSR count). The fourth-order valence-corrected chi connectivity index (χ4v) is 3.20. The normalized spacial score (nSPS) is 15.2. The summed E-state index contributed by atoms with van der Waals surface area (Å²) in [7, 11) is 3.46. The molecule has 28 heavy (non-hydrogen) atoms. The molecule has 0 atom stereocenters. The molecule has 1 saturated heterocycles. The Balaban J connectivity index is 1.65. The van der Waals surface area contributed by atoms with Gasteiger partial charge in [-0.05, 0) is 42.4 Å². The molecule has 3 amide bonds. The number of carbonyl (C=O) groups is 2. The Labute approximate surface area is 169 Å². The van der Waals surface area contributed by atoms with Gasteiger partial charge in [-0.3, -0.25) is 4.79 Å². The molecule has 0 radical (unpaired) electrons. The summed E-state index contributed by atoms with van der Waals surface area (Å²) < 4.78 is 5.77. The Morgan fingerprint density at radius 3 is 2.29 bits per heavy atom. The molecule has 1 heterocycles. The highest BCUT2D eigenvalue weighted by Crippen LogP contribution is 2.24. The van der Waals surface area contributed by atoms with Gasteiger partial charge in [0.2, 0.25) is 5.91 Å². The predicted octanol–water partition coefficient (Wildman–Crippen LogP) is 3.41. The van der Waals surface area contributed by atoms with Gasteiger partial charge in [0.25, 0.3) is 0 Å². The first-order valence-corrected chi connectivity index (χ1v) is 10.2. The molecule has 0 aromatic heterocycles. The third kappa shape index (κ3) is 6.73. The summed E-state index contributed by atoms with van der Waals surface area (Å²) in [5, 5.41) is 2.99. The number of benzene rings is 1. The van der Waals surface area contributed by atoms with Crippen molar-refractivity contribution in [1.29, 1.82) is 0 Å². The van der Waals surface area contributed by atoms with Crippen LogP contribution in [0.15, 0.2) is 24.3 Å². The molecule has 6 nitrogen and oxygen atoms in total. The Kier molecular flexibility index (Phi) is 7.72. The third-order valence-electron chi connectivity index (χ3n) is 5.11. The maximum absolute atomic E-state index is 12.4. The number of nitrogens with one attached hydrogen (secondary N) is 1. The summed E-state index contributed by atoms with van der Waals surface area (Å²) in [6.45, 7) is 8.50. The minimum Gasteiger partial charge on any atom is -0.494 e. The number of hydrogen-bond acceptors (Lipinski definition) is 3. The highest BCUT2D eigenvalue weighted by molar-refractivity contribution is 5.76. The molecule has 0 aliphatic carbocycles. The average Bonchev–Trinajstić information content (AvgIpc) is 2.65. The molecule has 1 fully saturated rings. The Morgan fingerprint density at radius 1 is 1.14 bits per heavy atom. The fraction of sp³-hybridized carbons (Fsp3) is 0.636. The maximum atomic E-state index is 12.4. The van der Waals surface area contributed by atoms with E-state index in [4.69, 9.17) is 4.74 Å². The zero-order valence-electron chi connectivity index (χ0n) is 18.0. The van der Waals surface area contributed by atoms with E-state index in [9.17, 15) is 9.59 Å². The zero-order chi connectivity index (χ0) is 20.7. The first-order chi connectivity index (χ1) is 13.2. The molecule has 0 unspecified atom stereocenters. The number of rotatable bonds is 6. The average molecular weight is 390 g/mol. The highest BCUT2D eigenvalue weighted by atomic mass is 16.5. The van der Waals surface area contributed by atoms with Crippen LogP contribution in [0.5, 0.6) is 5.75 Å². The summed E-state index contributed by atoms with van der Waals surface area (Å²) in [4.78, 5) is 27.5. The number of nitrogens with zero attached hydrogens (tertiary/aromatic N) is 2. The molecule has 156 valence electrons. The molecule has 0 bridgehead atoms. The van der Waals surface area contributed by atoms with Gasteiger partial charge in [-0.1, -0.05) is 32.9 Å². The molecule has 1 aliphatic rings. The largest absolute Gasteiger partial charge is 0.494 e. The monoisotopic (exact) mass is 389 g/mol. The lowest BCUT2D eigenvalue weighted by molar-refractivity contribution is -0.132. The van der Waals surface area contributed by atoms with Crippen LogP contribution < -0.4 is 10.1 Å². The van der Waals surface area contributed by atoms with Gasteiger partial charge in [0.15, 0.2) is 0 Å². The standard InChI is InChI=1S/C22H35N3O3/c1-22(2,3)17-8-10-19(11-9-17)28-16-6-7-20(26)25-14-12-18(13-15-25)23-21(27)24(4)5/h8-11,18H,6-7,12-16H2,1-5H3,(H,23,27). The first kappa shape index (κ1) is 22.1. The SMILES string of the molecule is CN(C)C(=O)NC1CCN(C(=O)CCCOc2ccc(C(C)(C)C)cc2)CC1. The van der Waals surface area contributed by atoms with Gasteiger partial charge in [0, 0.05) is 39.6 Å². The van der Waals surface area contributed by atoms with Crippen molar-refractivity contribution >= 4 is 11.9 Å². The molecule has 1 aromatic rings. The molecule has 0 spiro atoms. The Hall–Kier alpha value is -2.24. The first-order valence-electron chi connectivity index (χ1n) is 10.2. The summed E-state index contributed by atoms with van der Waals surface area (Å²) >= 11 is 0. The second-order valence-electron chi connectivity index (χ2n) is 8.73. The van der Waals surface area contributed by atoms with Gasteiger partial charge in [0.05, 0.1) is 6.61 Å². The highest BCUT2D eigenvalue weighted by Gasteiger charge is 2.23. The van der Waals surface area contributed by atoms with Crippen molar-refractivity contribution in [1.82, 2.24) is 15.1 Å². The van der Waals surface area contributed by atoms with E-state index < -0.39 is 0 Å². The number of urea groups is 1. The minimum atomic E-state index is -0.0718. The molecule has 1 aromatic carbocycles. The number of ether oxygens (including phenoxy) is 1. The fourth-order valence-electron chi connectivity index (χ4n) is 3.20. The van der Waals surface area contributed by atoms with Gasteiger partial charge in [-0.15, -0.1) is 0 Å². The summed E-state index contributed by atoms with van der Waals surface area (Å²) in [5.74, 6) is 1.02. The Morgan fingerprint density at radius 2 is 1.75 bits per heavy atom. The van der Waals surface area contributed by atoms with Crippen molar-refractivity contribution in [2.45, 2.75) is 57.9 Å². The van der Waals surface area contributed by atoms with Crippen LogP contribution in [0.3, 0.4) is 0 Å². The maximum Gasteiger partial charge on any atom is 0.317 e. The number of likely N-dealkylation sites (tertiary alicyclic amines) is 1. The third-order valence-corrected chi connectivity index (χ3v) is 5.11. The minimum absolute atomic E-state index is 0.0718. The second-order valence-corrected chi connectivity index (χ2v) is 8.73. The van der Waals surface area contributed by atoms with E-state index in [0.717, 1.165) is 18.6 Å². The van der Waals surface area contributed by atoms with Crippen molar-refractivity contribution in [3.05, 3.63) is 29.8 Å². The lowest BCUT2D eigenvalue weighted by Gasteiger charge is -2.33. The van der Waals surface area contributed by atoms with Crippen LogP contribution in [0.25, 0.3) is 0 Å². The second kappa shape index (κ2) is 9.80. The molecular weight excluding hydrogens is 354 g/mol. The molecule has 6 heteroatoms. The van der Waals surface area contributed by atoms with Crippen LogP contribution >= 0.6 is 0 Å². The molecule has 1 N–H and O–H groups in total. The van der Waals surface area contributed by atoms with Gasteiger partial charge >= 0.3 is 6.03 Å². The van der Waals surface area contributed by atoms with Crippen LogP contribution in [-0.2, 0) is 10.2 Å². The quantitative estimate of drug-likeness (QED) is 0.759. The van der Waals surface area contributed by atoms with Crippen LogP contribution in [0.1, 0.15) is 52.0 Å². The molecule has 1 aliphatic heterocycles. The lowest BCUT2D eigenvalue weighted by Crippen LogP contribution is -2.48. The van der Waals surface area contributed by atoms with E-state index in [0.29, 0.717) is 32.5 Å². The number of amides is 3. The van der Waals surface area contributed by atoms with Crippen molar-refractivity contribution in [3.8, 4) is 5.75 Å². The van der Waals surface area contributed by atoms with Gasteiger partial charge in [0.1, 0.15) is 5.75 Å². The van der Waals surface area contributed by atoms with Crippen LogP contribution in [0, 0.1) is 0 Å². The van der Waals surface area contributed by atoms with Crippen molar-refractivity contribution in [3.63, 3.8) is 0 Å². The zero-order valence-corrected chi connectivity index (χ0v) is 18.0. The molecular formula is C22H35N3O3. The van der Waals surface area contributed by atoms with E-state index in [1.165, 1.54) is 10.5 Å². The van der Waals surface area contributed by atoms with Gasteiger partial charge in [-0.2, -0.15) is 0 Å². The Bertz CT molecular complexity index is 642. The van der Waals surface area contributed by atoms with Crippen molar-refractivity contribution in [2.24, 2.45) is 0 Å². The van der Waals surface area contributed by atoms with E-state index in [1.807, 2.05) is 17.0 Å². The summed E-state index contributed by atoms with van der Waals surface area (Å²) in [6.07, 6.45) is 2.82. The van der Waals surface area contributed by atoms with Crippen LogP contribution in [0.2, 0.25) is 0 Å². The molecule has 0 saturated carbocycles. The van der Waals surface area contributed by atoms with Gasteiger partial charge in [-0.25, -0.2) is 4.79 Å². The number of piperidine rings is 1. The van der Waals surface area contributed by atoms with E-state index in [-0.39, 0.29) is 23.4 Å². The van der Waals surface area contributed by atoms with E-state index >= 15 is 0 Å². The van der Waals surface area contributed by atoms with Crippen LogP contribution in [0.4, 0.5) is 4.79 Å². The smallest absolute Gasteiger partial charge is 0.317 e. The number of hydrogen-bond donors (Lipinski definition) is 1. The number of carbonyl (C=O) groups excluding carboxylic acids is 2.